The summed E-state index contributed by atoms with van der Waals surface area (Å²) in [5, 5.41) is 0. The van der Waals surface area contributed by atoms with Crippen molar-refractivity contribution in [2.24, 2.45) is 5.73 Å². The first-order valence-corrected chi connectivity index (χ1v) is 11.8. The number of carbonyl (C=O) groups is 2. The molecule has 0 unspecified atom stereocenters. The fourth-order valence-corrected chi connectivity index (χ4v) is 3.89. The summed E-state index contributed by atoms with van der Waals surface area (Å²) < 4.78 is 13.3. The van der Waals surface area contributed by atoms with Gasteiger partial charge in [0.1, 0.15) is 30.8 Å². The molecule has 2 rings (SSSR count). The highest BCUT2D eigenvalue weighted by Gasteiger charge is 2.20. The highest BCUT2D eigenvalue weighted by molar-refractivity contribution is 7.09. The average Bonchev–Trinajstić information content (AvgIpc) is 3.06. The van der Waals surface area contributed by atoms with Gasteiger partial charge in [-0.25, -0.2) is 9.97 Å². The van der Waals surface area contributed by atoms with Crippen LogP contribution in [0.15, 0.2) is 11.7 Å². The largest absolute Gasteiger partial charge is 0.464 e. The van der Waals surface area contributed by atoms with Crippen molar-refractivity contribution in [1.29, 1.82) is 0 Å². The van der Waals surface area contributed by atoms with E-state index in [0.717, 1.165) is 16.1 Å². The molecule has 4 N–H and O–H groups in total. The molecule has 11 heteroatoms. The lowest BCUT2D eigenvalue weighted by atomic mass is 10.2. The minimum atomic E-state index is -0.852. The maximum Gasteiger partial charge on any atom is 0.322 e. The SMILES string of the molecule is Cc1ncc(C[n+]2csc(CCOC(=O)[C@@H](N)CCC(=O)OCC[N+](C)(C)C)c2C)c(N)n1. The van der Waals surface area contributed by atoms with Crippen LogP contribution >= 0.6 is 11.3 Å². The van der Waals surface area contributed by atoms with Crippen LogP contribution in [0.1, 0.15) is 34.8 Å². The average molecular weight is 481 g/mol. The Morgan fingerprint density at radius 2 is 1.94 bits per heavy atom. The Bertz CT molecular complexity index is 957. The van der Waals surface area contributed by atoms with Crippen LogP contribution in [0.3, 0.4) is 0 Å². The van der Waals surface area contributed by atoms with Crippen LogP contribution in [0.25, 0.3) is 0 Å². The number of hydrogen-bond acceptors (Lipinski definition) is 9. The molecule has 0 saturated heterocycles. The van der Waals surface area contributed by atoms with Crippen molar-refractivity contribution in [3.05, 3.63) is 33.7 Å². The molecule has 0 aliphatic carbocycles. The predicted molar refractivity (Wildman–Crippen MR) is 125 cm³/mol. The second-order valence-electron chi connectivity index (χ2n) is 8.98. The molecule has 33 heavy (non-hydrogen) atoms. The molecule has 0 spiro atoms. The smallest absolute Gasteiger partial charge is 0.322 e. The number of nitrogens with zero attached hydrogens (tertiary/aromatic N) is 4. The summed E-state index contributed by atoms with van der Waals surface area (Å²) in [6, 6.07) is -0.852. The third kappa shape index (κ3) is 9.03. The topological polar surface area (TPSA) is 134 Å². The number of thiazole rings is 1. The van der Waals surface area contributed by atoms with E-state index >= 15 is 0 Å². The van der Waals surface area contributed by atoms with Crippen molar-refractivity contribution in [3.8, 4) is 0 Å². The number of ether oxygens (including phenoxy) is 2. The quantitative estimate of drug-likeness (QED) is 0.255. The van der Waals surface area contributed by atoms with Crippen molar-refractivity contribution in [2.45, 2.75) is 45.7 Å². The van der Waals surface area contributed by atoms with Crippen LogP contribution in [-0.4, -0.2) is 73.3 Å². The monoisotopic (exact) mass is 480 g/mol. The van der Waals surface area contributed by atoms with E-state index in [9.17, 15) is 9.59 Å². The molecule has 0 aliphatic heterocycles. The van der Waals surface area contributed by atoms with Gasteiger partial charge < -0.3 is 25.4 Å². The van der Waals surface area contributed by atoms with E-state index in [1.165, 1.54) is 0 Å². The van der Waals surface area contributed by atoms with Gasteiger partial charge in [0.05, 0.1) is 38.2 Å². The van der Waals surface area contributed by atoms with Gasteiger partial charge in [-0.15, -0.1) is 0 Å². The zero-order chi connectivity index (χ0) is 24.6. The van der Waals surface area contributed by atoms with E-state index in [4.69, 9.17) is 20.9 Å². The summed E-state index contributed by atoms with van der Waals surface area (Å²) >= 11 is 1.58. The first-order valence-electron chi connectivity index (χ1n) is 10.9. The van der Waals surface area contributed by atoms with Crippen molar-refractivity contribution >= 4 is 29.1 Å². The van der Waals surface area contributed by atoms with E-state index in [0.29, 0.717) is 42.2 Å². The number of hydrogen-bond donors (Lipinski definition) is 2. The summed E-state index contributed by atoms with van der Waals surface area (Å²) in [6.07, 6.45) is 2.60. The van der Waals surface area contributed by atoms with Gasteiger partial charge in [-0.2, -0.15) is 4.57 Å². The number of rotatable bonds is 12. The Labute approximate surface area is 199 Å². The standard InChI is InChI=1S/C22H36N6O4S/c1-15-19(33-14-27(15)13-17-12-25-16(2)26-21(17)24)8-10-32-22(30)18(23)6-7-20(29)31-11-9-28(3,4)5/h12,14,18H,6-11,13,23H2,1-5H3,(H2,24,25,26)/q+2/t18-/m0/s1. The van der Waals surface area contributed by atoms with E-state index in [-0.39, 0.29) is 25.4 Å². The number of anilines is 1. The van der Waals surface area contributed by atoms with Gasteiger partial charge in [-0.3, -0.25) is 9.59 Å². The predicted octanol–water partition coefficient (Wildman–Crippen LogP) is 0.516. The van der Waals surface area contributed by atoms with Gasteiger partial charge in [-0.05, 0) is 13.3 Å². The summed E-state index contributed by atoms with van der Waals surface area (Å²) in [4.78, 5) is 33.5. The molecule has 0 saturated carbocycles. The molecule has 0 bridgehead atoms. The lowest BCUT2D eigenvalue weighted by molar-refractivity contribution is -0.870. The molecule has 0 radical (unpaired) electrons. The van der Waals surface area contributed by atoms with Crippen LogP contribution in [0.4, 0.5) is 5.82 Å². The number of carbonyl (C=O) groups excluding carboxylic acids is 2. The fourth-order valence-electron chi connectivity index (χ4n) is 2.91. The molecule has 0 aliphatic rings. The highest BCUT2D eigenvalue weighted by atomic mass is 32.1. The number of nitrogens with two attached hydrogens (primary N) is 2. The van der Waals surface area contributed by atoms with Gasteiger partial charge in [0.25, 0.3) is 0 Å². The molecule has 0 amide bonds. The van der Waals surface area contributed by atoms with Crippen LogP contribution in [0.5, 0.6) is 0 Å². The third-order valence-corrected chi connectivity index (χ3v) is 6.22. The maximum atomic E-state index is 12.2. The number of esters is 2. The molecule has 0 fully saturated rings. The Kier molecular flexibility index (Phi) is 9.69. The number of aryl methyl sites for hydroxylation is 1. The molecular weight excluding hydrogens is 444 g/mol. The van der Waals surface area contributed by atoms with E-state index in [2.05, 4.69) is 14.5 Å². The maximum absolute atomic E-state index is 12.2. The van der Waals surface area contributed by atoms with Crippen LogP contribution in [0.2, 0.25) is 0 Å². The molecule has 2 aromatic heterocycles. The fraction of sp³-hybridized carbons (Fsp3) is 0.591. The van der Waals surface area contributed by atoms with Gasteiger partial charge in [0.2, 0.25) is 5.51 Å². The van der Waals surface area contributed by atoms with Crippen molar-refractivity contribution < 1.29 is 28.1 Å². The summed E-state index contributed by atoms with van der Waals surface area (Å²) in [5.74, 6) is 0.244. The molecule has 2 heterocycles. The number of quaternary nitrogens is 1. The number of nitrogen functional groups attached to an aromatic ring is 1. The van der Waals surface area contributed by atoms with Gasteiger partial charge >= 0.3 is 11.9 Å². The highest BCUT2D eigenvalue weighted by Crippen LogP contribution is 2.14. The Hall–Kier alpha value is -2.63. The minimum absolute atomic E-state index is 0.0866. The van der Waals surface area contributed by atoms with Gasteiger partial charge in [-0.1, -0.05) is 11.3 Å². The normalized spacial score (nSPS) is 12.4. The van der Waals surface area contributed by atoms with Crippen molar-refractivity contribution in [2.75, 3.05) is 46.6 Å². The van der Waals surface area contributed by atoms with E-state index in [1.807, 2.05) is 33.6 Å². The van der Waals surface area contributed by atoms with Gasteiger partial charge in [0.15, 0.2) is 12.2 Å². The summed E-state index contributed by atoms with van der Waals surface area (Å²) in [6.45, 7) is 5.66. The molecule has 10 nitrogen and oxygen atoms in total. The van der Waals surface area contributed by atoms with Crippen molar-refractivity contribution in [3.63, 3.8) is 0 Å². The third-order valence-electron chi connectivity index (χ3n) is 5.08. The van der Waals surface area contributed by atoms with Gasteiger partial charge in [0, 0.05) is 26.0 Å². The number of likely N-dealkylation sites (N-methyl/N-ethyl adjacent to an activating group) is 1. The minimum Gasteiger partial charge on any atom is -0.464 e. The molecule has 182 valence electrons. The molecule has 2 aromatic rings. The van der Waals surface area contributed by atoms with Crippen LogP contribution in [0, 0.1) is 13.8 Å². The Morgan fingerprint density at radius 1 is 1.21 bits per heavy atom. The molecule has 1 atom stereocenters. The van der Waals surface area contributed by atoms with Crippen LogP contribution in [-0.2, 0) is 32.0 Å². The zero-order valence-electron chi connectivity index (χ0n) is 20.2. The summed E-state index contributed by atoms with van der Waals surface area (Å²) in [5.41, 5.74) is 15.8. The number of aromatic nitrogens is 3. The second-order valence-corrected chi connectivity index (χ2v) is 9.92. The van der Waals surface area contributed by atoms with Crippen molar-refractivity contribution in [1.82, 2.24) is 9.97 Å². The Balaban J connectivity index is 1.74. The lowest BCUT2D eigenvalue weighted by Gasteiger charge is -2.23. The first kappa shape index (κ1) is 26.6. The molecular formula is C22H36N6O4S+2. The first-order chi connectivity index (χ1) is 15.5. The Morgan fingerprint density at radius 3 is 2.61 bits per heavy atom. The van der Waals surface area contributed by atoms with Crippen LogP contribution < -0.4 is 16.0 Å². The van der Waals surface area contributed by atoms with E-state index in [1.54, 1.807) is 24.5 Å². The zero-order valence-corrected chi connectivity index (χ0v) is 21.0. The lowest BCUT2D eigenvalue weighted by Crippen LogP contribution is -2.38. The van der Waals surface area contributed by atoms with E-state index < -0.39 is 12.0 Å². The second kappa shape index (κ2) is 12.0. The molecule has 0 aromatic carbocycles. The summed E-state index contributed by atoms with van der Waals surface area (Å²) in [7, 11) is 6.06.